The molecule has 4 nitrogen and oxygen atoms in total. The fourth-order valence-corrected chi connectivity index (χ4v) is 2.57. The highest BCUT2D eigenvalue weighted by Gasteiger charge is 2.09. The van der Waals surface area contributed by atoms with E-state index in [-0.39, 0.29) is 0 Å². The van der Waals surface area contributed by atoms with Gasteiger partial charge in [-0.3, -0.25) is 4.68 Å². The Morgan fingerprint density at radius 1 is 1.05 bits per heavy atom. The van der Waals surface area contributed by atoms with Crippen LogP contribution in [-0.4, -0.2) is 19.7 Å². The van der Waals surface area contributed by atoms with Crippen molar-refractivity contribution in [1.29, 1.82) is 0 Å². The number of aromatic nitrogens is 4. The van der Waals surface area contributed by atoms with Gasteiger partial charge in [0.2, 0.25) is 0 Å². The van der Waals surface area contributed by atoms with Gasteiger partial charge in [-0.1, -0.05) is 24.3 Å². The third-order valence-corrected chi connectivity index (χ3v) is 3.79. The molecule has 0 atom stereocenters. The molecule has 0 saturated carbocycles. The van der Waals surface area contributed by atoms with E-state index in [0.717, 1.165) is 27.9 Å². The van der Waals surface area contributed by atoms with Gasteiger partial charge in [0.15, 0.2) is 0 Å². The van der Waals surface area contributed by atoms with Gasteiger partial charge in [-0.05, 0) is 25.1 Å². The van der Waals surface area contributed by atoms with Crippen LogP contribution in [0.3, 0.4) is 0 Å². The molecule has 0 radical (unpaired) electrons. The molecule has 2 heterocycles. The Morgan fingerprint density at radius 2 is 1.90 bits per heavy atom. The number of aromatic amines is 1. The Bertz CT molecular complexity index is 897. The number of hydrogen-bond donors (Lipinski definition) is 1. The van der Waals surface area contributed by atoms with Crippen molar-refractivity contribution in [1.82, 2.24) is 19.7 Å². The summed E-state index contributed by atoms with van der Waals surface area (Å²) in [6.07, 6.45) is 0. The normalized spacial score (nSPS) is 11.5. The number of nitrogens with zero attached hydrogens (tertiary/aromatic N) is 3. The molecule has 0 aliphatic carbocycles. The fraction of sp³-hybridized carbons (Fsp3) is 0.125. The van der Waals surface area contributed by atoms with E-state index in [0.29, 0.717) is 0 Å². The first-order chi connectivity index (χ1) is 9.72. The van der Waals surface area contributed by atoms with Crippen LogP contribution in [0, 0.1) is 6.92 Å². The van der Waals surface area contributed by atoms with E-state index in [1.165, 1.54) is 11.1 Å². The highest BCUT2D eigenvalue weighted by atomic mass is 15.3. The second kappa shape index (κ2) is 3.93. The Kier molecular flexibility index (Phi) is 2.21. The van der Waals surface area contributed by atoms with E-state index in [1.807, 2.05) is 36.0 Å². The summed E-state index contributed by atoms with van der Waals surface area (Å²) in [5.74, 6) is 0.886. The first-order valence-corrected chi connectivity index (χ1v) is 6.61. The van der Waals surface area contributed by atoms with Crippen LogP contribution >= 0.6 is 0 Å². The van der Waals surface area contributed by atoms with Crippen molar-refractivity contribution < 1.29 is 0 Å². The summed E-state index contributed by atoms with van der Waals surface area (Å²) in [7, 11) is 1.97. The largest absolute Gasteiger partial charge is 0.338 e. The molecule has 2 aromatic carbocycles. The van der Waals surface area contributed by atoms with Gasteiger partial charge in [0.05, 0.1) is 16.6 Å². The summed E-state index contributed by atoms with van der Waals surface area (Å²) in [6, 6.07) is 14.3. The maximum absolute atomic E-state index is 4.63. The number of rotatable bonds is 1. The number of nitrogens with one attached hydrogen (secondary N) is 1. The molecule has 1 N–H and O–H groups in total. The summed E-state index contributed by atoms with van der Waals surface area (Å²) in [6.45, 7) is 2.08. The van der Waals surface area contributed by atoms with Crippen molar-refractivity contribution >= 4 is 21.9 Å². The molecule has 98 valence electrons. The van der Waals surface area contributed by atoms with Crippen LogP contribution in [0.5, 0.6) is 0 Å². The lowest BCUT2D eigenvalue weighted by Crippen LogP contribution is -1.91. The highest BCUT2D eigenvalue weighted by Crippen LogP contribution is 2.25. The van der Waals surface area contributed by atoms with E-state index >= 15 is 0 Å². The molecule has 0 unspecified atom stereocenters. The molecule has 0 fully saturated rings. The van der Waals surface area contributed by atoms with Crippen LogP contribution in [-0.2, 0) is 7.05 Å². The topological polar surface area (TPSA) is 46.5 Å². The van der Waals surface area contributed by atoms with E-state index in [4.69, 9.17) is 0 Å². The Balaban J connectivity index is 1.92. The van der Waals surface area contributed by atoms with Crippen LogP contribution in [0.25, 0.3) is 33.3 Å². The number of benzene rings is 2. The van der Waals surface area contributed by atoms with Gasteiger partial charge in [0.25, 0.3) is 0 Å². The van der Waals surface area contributed by atoms with Gasteiger partial charge in [-0.2, -0.15) is 5.10 Å². The third kappa shape index (κ3) is 1.54. The second-order valence-electron chi connectivity index (χ2n) is 5.04. The molecule has 0 spiro atoms. The lowest BCUT2D eigenvalue weighted by molar-refractivity contribution is 0.751. The zero-order chi connectivity index (χ0) is 13.7. The molecule has 0 aliphatic heterocycles. The Labute approximate surface area is 116 Å². The number of aryl methyl sites for hydroxylation is 2. The van der Waals surface area contributed by atoms with Crippen LogP contribution in [0.4, 0.5) is 0 Å². The number of H-pyrrole nitrogens is 1. The third-order valence-electron chi connectivity index (χ3n) is 3.79. The molecule has 4 rings (SSSR count). The lowest BCUT2D eigenvalue weighted by atomic mass is 10.1. The van der Waals surface area contributed by atoms with Gasteiger partial charge in [0, 0.05) is 23.7 Å². The standard InChI is InChI=1S/C16H14N4/c1-10-12-8-7-11(9-15(12)19-20(10)2)16-17-13-5-3-4-6-14(13)18-16/h3-9H,1-2H3,(H,17,18). The number of imidazole rings is 1. The van der Waals surface area contributed by atoms with Gasteiger partial charge in [-0.15, -0.1) is 0 Å². The number of para-hydroxylation sites is 2. The lowest BCUT2D eigenvalue weighted by Gasteiger charge is -1.96. The van der Waals surface area contributed by atoms with Gasteiger partial charge < -0.3 is 4.98 Å². The predicted molar refractivity (Wildman–Crippen MR) is 80.5 cm³/mol. The van der Waals surface area contributed by atoms with Crippen LogP contribution in [0.2, 0.25) is 0 Å². The SMILES string of the molecule is Cc1c2ccc(-c3nc4ccccc4[nH]3)cc2nn1C. The predicted octanol–water partition coefficient (Wildman–Crippen LogP) is 3.43. The molecule has 0 amide bonds. The summed E-state index contributed by atoms with van der Waals surface area (Å²) >= 11 is 0. The molecule has 2 aromatic heterocycles. The maximum Gasteiger partial charge on any atom is 0.138 e. The summed E-state index contributed by atoms with van der Waals surface area (Å²) in [4.78, 5) is 7.98. The molecule has 0 aliphatic rings. The quantitative estimate of drug-likeness (QED) is 0.571. The minimum Gasteiger partial charge on any atom is -0.338 e. The van der Waals surface area contributed by atoms with Crippen molar-refractivity contribution in [3.05, 3.63) is 48.2 Å². The van der Waals surface area contributed by atoms with Crippen molar-refractivity contribution in [2.75, 3.05) is 0 Å². The van der Waals surface area contributed by atoms with E-state index in [9.17, 15) is 0 Å². The van der Waals surface area contributed by atoms with Crippen LogP contribution in [0.1, 0.15) is 5.69 Å². The minimum atomic E-state index is 0.886. The molecular formula is C16H14N4. The van der Waals surface area contributed by atoms with Crippen LogP contribution < -0.4 is 0 Å². The summed E-state index contributed by atoms with van der Waals surface area (Å²) in [5.41, 5.74) is 5.28. The van der Waals surface area contributed by atoms with Gasteiger partial charge >= 0.3 is 0 Å². The number of hydrogen-bond acceptors (Lipinski definition) is 2. The molecule has 0 bridgehead atoms. The Morgan fingerprint density at radius 3 is 2.75 bits per heavy atom. The minimum absolute atomic E-state index is 0.886. The molecular weight excluding hydrogens is 248 g/mol. The van der Waals surface area contributed by atoms with E-state index in [1.54, 1.807) is 0 Å². The van der Waals surface area contributed by atoms with E-state index in [2.05, 4.69) is 40.2 Å². The summed E-state index contributed by atoms with van der Waals surface area (Å²) < 4.78 is 1.91. The molecule has 4 heteroatoms. The second-order valence-corrected chi connectivity index (χ2v) is 5.04. The monoisotopic (exact) mass is 262 g/mol. The zero-order valence-corrected chi connectivity index (χ0v) is 11.4. The van der Waals surface area contributed by atoms with Crippen molar-refractivity contribution in [3.63, 3.8) is 0 Å². The fourth-order valence-electron chi connectivity index (χ4n) is 2.57. The van der Waals surface area contributed by atoms with Crippen LogP contribution in [0.15, 0.2) is 42.5 Å². The average molecular weight is 262 g/mol. The maximum atomic E-state index is 4.63. The first-order valence-electron chi connectivity index (χ1n) is 6.61. The van der Waals surface area contributed by atoms with Gasteiger partial charge in [0.1, 0.15) is 5.82 Å². The molecule has 0 saturated heterocycles. The smallest absolute Gasteiger partial charge is 0.138 e. The van der Waals surface area contributed by atoms with Crippen molar-refractivity contribution in [3.8, 4) is 11.4 Å². The first kappa shape index (κ1) is 11.2. The van der Waals surface area contributed by atoms with E-state index < -0.39 is 0 Å². The van der Waals surface area contributed by atoms with Crippen molar-refractivity contribution in [2.45, 2.75) is 6.92 Å². The molecule has 4 aromatic rings. The Hall–Kier alpha value is -2.62. The molecule has 20 heavy (non-hydrogen) atoms. The average Bonchev–Trinajstić information content (AvgIpc) is 3.01. The zero-order valence-electron chi connectivity index (χ0n) is 11.4. The van der Waals surface area contributed by atoms with Gasteiger partial charge in [-0.25, -0.2) is 4.98 Å². The highest BCUT2D eigenvalue weighted by molar-refractivity contribution is 5.87. The van der Waals surface area contributed by atoms with Crippen molar-refractivity contribution in [2.24, 2.45) is 7.05 Å². The summed E-state index contributed by atoms with van der Waals surface area (Å²) in [5, 5.41) is 5.72. The number of fused-ring (bicyclic) bond motifs is 2.